The zero-order valence-electron chi connectivity index (χ0n) is 16.1. The Morgan fingerprint density at radius 3 is 2.50 bits per heavy atom. The smallest absolute Gasteiger partial charge is 0.241 e. The van der Waals surface area contributed by atoms with Crippen LogP contribution >= 0.6 is 24.8 Å². The summed E-state index contributed by atoms with van der Waals surface area (Å²) in [6.07, 6.45) is 3.03. The summed E-state index contributed by atoms with van der Waals surface area (Å²) in [6.45, 7) is 6.05. The van der Waals surface area contributed by atoms with Crippen LogP contribution in [0.5, 0.6) is 0 Å². The molecule has 0 aliphatic carbocycles. The van der Waals surface area contributed by atoms with Gasteiger partial charge in [-0.2, -0.15) is 0 Å². The summed E-state index contributed by atoms with van der Waals surface area (Å²) in [6, 6.07) is 8.23. The lowest BCUT2D eigenvalue weighted by atomic mass is 10.0. The van der Waals surface area contributed by atoms with Gasteiger partial charge in [0.05, 0.1) is 12.5 Å². The number of fused-ring (bicyclic) bond motifs is 1. The Kier molecular flexibility index (Phi) is 8.56. The molecule has 0 saturated carbocycles. The van der Waals surface area contributed by atoms with E-state index < -0.39 is 0 Å². The van der Waals surface area contributed by atoms with E-state index in [4.69, 9.17) is 0 Å². The minimum Gasteiger partial charge on any atom is -0.340 e. The van der Waals surface area contributed by atoms with E-state index in [0.717, 1.165) is 70.8 Å². The number of hydrogen-bond acceptors (Lipinski definition) is 4. The quantitative estimate of drug-likeness (QED) is 0.793. The first-order chi connectivity index (χ1) is 12.7. The van der Waals surface area contributed by atoms with Gasteiger partial charge in [0.1, 0.15) is 0 Å². The van der Waals surface area contributed by atoms with Crippen molar-refractivity contribution in [1.29, 1.82) is 0 Å². The van der Waals surface area contributed by atoms with Gasteiger partial charge in [-0.25, -0.2) is 0 Å². The van der Waals surface area contributed by atoms with E-state index >= 15 is 0 Å². The number of nitrogens with zero attached hydrogens (tertiary/aromatic N) is 3. The third-order valence-electron chi connectivity index (χ3n) is 5.86. The Bertz CT molecular complexity index is 674. The van der Waals surface area contributed by atoms with Gasteiger partial charge in [0.15, 0.2) is 0 Å². The maximum absolute atomic E-state index is 12.8. The van der Waals surface area contributed by atoms with Crippen LogP contribution in [0.2, 0.25) is 0 Å². The molecule has 4 rings (SSSR count). The Morgan fingerprint density at radius 1 is 1.04 bits per heavy atom. The van der Waals surface area contributed by atoms with Gasteiger partial charge in [0.25, 0.3) is 0 Å². The summed E-state index contributed by atoms with van der Waals surface area (Å²) in [7, 11) is 0. The number of amides is 2. The monoisotopic (exact) mass is 428 g/mol. The zero-order chi connectivity index (χ0) is 17.9. The molecular weight excluding hydrogens is 399 g/mol. The molecule has 0 bridgehead atoms. The first-order valence-corrected chi connectivity index (χ1v) is 9.82. The molecule has 156 valence electrons. The zero-order valence-corrected chi connectivity index (χ0v) is 17.8. The summed E-state index contributed by atoms with van der Waals surface area (Å²) in [5, 5.41) is 3.26. The van der Waals surface area contributed by atoms with Crippen LogP contribution in [0, 0.1) is 5.92 Å². The van der Waals surface area contributed by atoms with Crippen LogP contribution in [0.1, 0.15) is 18.4 Å². The highest BCUT2D eigenvalue weighted by atomic mass is 35.5. The second kappa shape index (κ2) is 10.4. The number of rotatable bonds is 3. The number of nitrogens with one attached hydrogen (secondary N) is 1. The predicted octanol–water partition coefficient (Wildman–Crippen LogP) is 1.56. The standard InChI is InChI=1S/C20H28N4O2.2ClH/c25-19(24-9-3-5-16-4-1-2-6-18(16)24)15-22-10-12-23(13-11-22)20(26)17-7-8-21-14-17;;/h1-2,4,6,17,21H,3,5,7-15H2;2*1H. The molecule has 3 heterocycles. The van der Waals surface area contributed by atoms with Crippen molar-refractivity contribution in [2.75, 3.05) is 57.3 Å². The molecule has 0 spiro atoms. The molecule has 0 aromatic heterocycles. The van der Waals surface area contributed by atoms with Gasteiger partial charge in [0, 0.05) is 45.0 Å². The van der Waals surface area contributed by atoms with Crippen molar-refractivity contribution in [2.45, 2.75) is 19.3 Å². The fraction of sp³-hybridized carbons (Fsp3) is 0.600. The number of anilines is 1. The summed E-state index contributed by atoms with van der Waals surface area (Å²) in [5.41, 5.74) is 2.35. The third kappa shape index (κ3) is 4.98. The van der Waals surface area contributed by atoms with Crippen LogP contribution in [0.25, 0.3) is 0 Å². The van der Waals surface area contributed by atoms with E-state index in [1.807, 2.05) is 21.9 Å². The van der Waals surface area contributed by atoms with Gasteiger partial charge in [0.2, 0.25) is 11.8 Å². The van der Waals surface area contributed by atoms with E-state index in [0.29, 0.717) is 6.54 Å². The minimum atomic E-state index is 0. The van der Waals surface area contributed by atoms with Crippen LogP contribution in [0.15, 0.2) is 24.3 Å². The van der Waals surface area contributed by atoms with Gasteiger partial charge in [-0.1, -0.05) is 18.2 Å². The number of carbonyl (C=O) groups excluding carboxylic acids is 2. The molecule has 2 saturated heterocycles. The number of piperazine rings is 1. The Labute approximate surface area is 179 Å². The van der Waals surface area contributed by atoms with Gasteiger partial charge in [-0.3, -0.25) is 14.5 Å². The Morgan fingerprint density at radius 2 is 1.79 bits per heavy atom. The van der Waals surface area contributed by atoms with Crippen LogP contribution < -0.4 is 10.2 Å². The third-order valence-corrected chi connectivity index (χ3v) is 5.86. The van der Waals surface area contributed by atoms with Gasteiger partial charge >= 0.3 is 0 Å². The highest BCUT2D eigenvalue weighted by Crippen LogP contribution is 2.26. The predicted molar refractivity (Wildman–Crippen MR) is 116 cm³/mol. The van der Waals surface area contributed by atoms with Gasteiger partial charge in [-0.15, -0.1) is 24.8 Å². The summed E-state index contributed by atoms with van der Waals surface area (Å²) in [5.74, 6) is 0.607. The molecule has 1 atom stereocenters. The molecule has 1 aromatic carbocycles. The summed E-state index contributed by atoms with van der Waals surface area (Å²) >= 11 is 0. The van der Waals surface area contributed by atoms with Gasteiger partial charge < -0.3 is 15.1 Å². The van der Waals surface area contributed by atoms with E-state index in [1.165, 1.54) is 5.56 Å². The minimum absolute atomic E-state index is 0. The second-order valence-electron chi connectivity index (χ2n) is 7.57. The Hall–Kier alpha value is -1.34. The molecule has 3 aliphatic rings. The van der Waals surface area contributed by atoms with Crippen molar-refractivity contribution in [2.24, 2.45) is 5.92 Å². The fourth-order valence-electron chi connectivity index (χ4n) is 4.32. The number of para-hydroxylation sites is 1. The van der Waals surface area contributed by atoms with E-state index in [9.17, 15) is 9.59 Å². The molecule has 28 heavy (non-hydrogen) atoms. The number of halogens is 2. The molecule has 2 fully saturated rings. The maximum atomic E-state index is 12.8. The number of aryl methyl sites for hydroxylation is 1. The molecule has 8 heteroatoms. The molecule has 2 amide bonds. The van der Waals surface area contributed by atoms with Crippen LogP contribution in [-0.2, 0) is 16.0 Å². The van der Waals surface area contributed by atoms with Crippen molar-refractivity contribution in [3.05, 3.63) is 29.8 Å². The highest BCUT2D eigenvalue weighted by molar-refractivity contribution is 5.96. The number of carbonyl (C=O) groups is 2. The van der Waals surface area contributed by atoms with Crippen LogP contribution in [0.3, 0.4) is 0 Å². The summed E-state index contributed by atoms with van der Waals surface area (Å²) in [4.78, 5) is 31.5. The van der Waals surface area contributed by atoms with Gasteiger partial charge in [-0.05, 0) is 37.4 Å². The Balaban J connectivity index is 0.00000140. The van der Waals surface area contributed by atoms with E-state index in [2.05, 4.69) is 22.3 Å². The van der Waals surface area contributed by atoms with E-state index in [-0.39, 0.29) is 42.5 Å². The lowest BCUT2D eigenvalue weighted by Crippen LogP contribution is -2.53. The molecule has 3 aliphatic heterocycles. The molecule has 1 aromatic rings. The van der Waals surface area contributed by atoms with E-state index in [1.54, 1.807) is 0 Å². The first-order valence-electron chi connectivity index (χ1n) is 9.82. The normalized spacial score (nSPS) is 22.1. The van der Waals surface area contributed by atoms with Crippen molar-refractivity contribution in [3.8, 4) is 0 Å². The average Bonchev–Trinajstić information content (AvgIpc) is 3.22. The van der Waals surface area contributed by atoms with Crippen molar-refractivity contribution in [1.82, 2.24) is 15.1 Å². The molecule has 0 radical (unpaired) electrons. The van der Waals surface area contributed by atoms with Crippen molar-refractivity contribution < 1.29 is 9.59 Å². The number of hydrogen-bond donors (Lipinski definition) is 1. The topological polar surface area (TPSA) is 55.9 Å². The summed E-state index contributed by atoms with van der Waals surface area (Å²) < 4.78 is 0. The van der Waals surface area contributed by atoms with Crippen molar-refractivity contribution in [3.63, 3.8) is 0 Å². The molecule has 1 unspecified atom stereocenters. The SMILES string of the molecule is Cl.Cl.O=C(C1CCNC1)N1CCN(CC(=O)N2CCCc3ccccc32)CC1. The van der Waals surface area contributed by atoms with Crippen LogP contribution in [-0.4, -0.2) is 74.0 Å². The fourth-order valence-corrected chi connectivity index (χ4v) is 4.32. The molecule has 1 N–H and O–H groups in total. The highest BCUT2D eigenvalue weighted by Gasteiger charge is 2.30. The first kappa shape index (κ1) is 22.9. The lowest BCUT2D eigenvalue weighted by Gasteiger charge is -2.37. The van der Waals surface area contributed by atoms with Crippen molar-refractivity contribution >= 4 is 42.3 Å². The lowest BCUT2D eigenvalue weighted by molar-refractivity contribution is -0.136. The number of benzene rings is 1. The maximum Gasteiger partial charge on any atom is 0.241 e. The van der Waals surface area contributed by atoms with Crippen LogP contribution in [0.4, 0.5) is 5.69 Å². The molecular formula is C20H30Cl2N4O2. The molecule has 6 nitrogen and oxygen atoms in total. The average molecular weight is 429 g/mol. The second-order valence-corrected chi connectivity index (χ2v) is 7.57. The largest absolute Gasteiger partial charge is 0.340 e.